The molecule has 100 valence electrons. The number of rotatable bonds is 4. The molecule has 0 amide bonds. The zero-order chi connectivity index (χ0) is 13.1. The van der Waals surface area contributed by atoms with Crippen LogP contribution in [0.4, 0.5) is 0 Å². The van der Waals surface area contributed by atoms with Crippen molar-refractivity contribution in [1.82, 2.24) is 9.78 Å². The Morgan fingerprint density at radius 1 is 1.22 bits per heavy atom. The summed E-state index contributed by atoms with van der Waals surface area (Å²) in [4.78, 5) is 11.3. The van der Waals surface area contributed by atoms with Crippen molar-refractivity contribution in [2.24, 2.45) is 5.92 Å². The van der Waals surface area contributed by atoms with Gasteiger partial charge in [-0.2, -0.15) is 5.10 Å². The molecule has 1 heterocycles. The van der Waals surface area contributed by atoms with Crippen LogP contribution in [0, 0.1) is 5.92 Å². The van der Waals surface area contributed by atoms with Crippen molar-refractivity contribution >= 4 is 6.29 Å². The van der Waals surface area contributed by atoms with Crippen LogP contribution in [-0.4, -0.2) is 16.1 Å². The predicted octanol–water partition coefficient (Wildman–Crippen LogP) is 3.57. The van der Waals surface area contributed by atoms with E-state index in [1.54, 1.807) is 0 Å². The predicted molar refractivity (Wildman–Crippen MR) is 73.0 cm³/mol. The Morgan fingerprint density at radius 2 is 1.89 bits per heavy atom. The first-order valence-corrected chi connectivity index (χ1v) is 7.26. The van der Waals surface area contributed by atoms with Crippen LogP contribution in [0.3, 0.4) is 0 Å². The standard InChI is InChI=1S/C15H24N2O/c1-4-14-13(10-18)15(5-2)17(16-14)12-8-6-11(3)7-9-12/h10-12H,4-9H2,1-3H3. The zero-order valence-electron chi connectivity index (χ0n) is 11.8. The van der Waals surface area contributed by atoms with Gasteiger partial charge in [0.15, 0.2) is 6.29 Å². The molecule has 0 saturated heterocycles. The van der Waals surface area contributed by atoms with Crippen molar-refractivity contribution in [2.75, 3.05) is 0 Å². The molecule has 18 heavy (non-hydrogen) atoms. The van der Waals surface area contributed by atoms with Gasteiger partial charge in [0.05, 0.1) is 17.3 Å². The van der Waals surface area contributed by atoms with Crippen LogP contribution in [0.1, 0.15) is 74.2 Å². The molecule has 0 spiro atoms. The Bertz CT molecular complexity index is 414. The van der Waals surface area contributed by atoms with Crippen molar-refractivity contribution in [2.45, 2.75) is 65.3 Å². The molecule has 0 aliphatic heterocycles. The van der Waals surface area contributed by atoms with Crippen LogP contribution in [0.5, 0.6) is 0 Å². The van der Waals surface area contributed by atoms with Gasteiger partial charge in [0.25, 0.3) is 0 Å². The molecule has 0 atom stereocenters. The summed E-state index contributed by atoms with van der Waals surface area (Å²) in [6, 6.07) is 0.509. The molecule has 1 aromatic heterocycles. The number of hydrogen-bond acceptors (Lipinski definition) is 2. The van der Waals surface area contributed by atoms with Gasteiger partial charge in [-0.05, 0) is 44.4 Å². The third-order valence-corrected chi connectivity index (χ3v) is 4.25. The topological polar surface area (TPSA) is 34.9 Å². The van der Waals surface area contributed by atoms with E-state index in [1.165, 1.54) is 25.7 Å². The van der Waals surface area contributed by atoms with Crippen LogP contribution in [0.25, 0.3) is 0 Å². The van der Waals surface area contributed by atoms with E-state index in [-0.39, 0.29) is 0 Å². The summed E-state index contributed by atoms with van der Waals surface area (Å²) in [6.07, 6.45) is 7.71. The number of aldehydes is 1. The lowest BCUT2D eigenvalue weighted by Crippen LogP contribution is -2.19. The van der Waals surface area contributed by atoms with Crippen LogP contribution in [0.2, 0.25) is 0 Å². The fourth-order valence-electron chi connectivity index (χ4n) is 3.07. The van der Waals surface area contributed by atoms with Gasteiger partial charge in [-0.25, -0.2) is 0 Å². The van der Waals surface area contributed by atoms with Crippen LogP contribution in [0.15, 0.2) is 0 Å². The summed E-state index contributed by atoms with van der Waals surface area (Å²) >= 11 is 0. The lowest BCUT2D eigenvalue weighted by atomic mass is 9.87. The first-order chi connectivity index (χ1) is 8.71. The quantitative estimate of drug-likeness (QED) is 0.763. The number of aryl methyl sites for hydroxylation is 1. The minimum Gasteiger partial charge on any atom is -0.298 e. The van der Waals surface area contributed by atoms with Gasteiger partial charge < -0.3 is 0 Å². The fraction of sp³-hybridized carbons (Fsp3) is 0.733. The molecule has 1 aliphatic rings. The van der Waals surface area contributed by atoms with E-state index in [0.717, 1.165) is 42.0 Å². The van der Waals surface area contributed by atoms with E-state index < -0.39 is 0 Å². The average Bonchev–Trinajstić information content (AvgIpc) is 2.77. The molecule has 3 nitrogen and oxygen atoms in total. The van der Waals surface area contributed by atoms with E-state index in [1.807, 2.05) is 0 Å². The van der Waals surface area contributed by atoms with E-state index in [0.29, 0.717) is 6.04 Å². The molecule has 3 heteroatoms. The summed E-state index contributed by atoms with van der Waals surface area (Å²) in [5.74, 6) is 0.845. The first-order valence-electron chi connectivity index (χ1n) is 7.26. The second-order valence-corrected chi connectivity index (χ2v) is 5.49. The molecule has 1 aromatic rings. The van der Waals surface area contributed by atoms with E-state index in [9.17, 15) is 4.79 Å². The van der Waals surface area contributed by atoms with Crippen molar-refractivity contribution < 1.29 is 4.79 Å². The van der Waals surface area contributed by atoms with Gasteiger partial charge in [0.2, 0.25) is 0 Å². The van der Waals surface area contributed by atoms with Crippen molar-refractivity contribution in [3.8, 4) is 0 Å². The molecule has 1 aliphatic carbocycles. The van der Waals surface area contributed by atoms with Gasteiger partial charge in [-0.3, -0.25) is 9.48 Å². The number of nitrogens with zero attached hydrogens (tertiary/aromatic N) is 2. The second kappa shape index (κ2) is 5.68. The molecular weight excluding hydrogens is 224 g/mol. The molecule has 0 aromatic carbocycles. The number of hydrogen-bond donors (Lipinski definition) is 0. The number of carbonyl (C=O) groups is 1. The summed E-state index contributed by atoms with van der Waals surface area (Å²) in [5, 5.41) is 4.70. The van der Waals surface area contributed by atoms with Crippen molar-refractivity contribution in [3.05, 3.63) is 17.0 Å². The smallest absolute Gasteiger partial charge is 0.153 e. The molecule has 0 unspecified atom stereocenters. The largest absolute Gasteiger partial charge is 0.298 e. The summed E-state index contributed by atoms with van der Waals surface area (Å²) in [6.45, 7) is 6.52. The zero-order valence-corrected chi connectivity index (χ0v) is 11.8. The van der Waals surface area contributed by atoms with Gasteiger partial charge in [-0.1, -0.05) is 20.8 Å². The summed E-state index contributed by atoms with van der Waals surface area (Å²) < 4.78 is 2.16. The molecule has 2 rings (SSSR count). The van der Waals surface area contributed by atoms with E-state index >= 15 is 0 Å². The Balaban J connectivity index is 2.32. The highest BCUT2D eigenvalue weighted by molar-refractivity contribution is 5.78. The number of carbonyl (C=O) groups excluding carboxylic acids is 1. The maximum Gasteiger partial charge on any atom is 0.153 e. The minimum absolute atomic E-state index is 0.509. The molecule has 1 fully saturated rings. The van der Waals surface area contributed by atoms with Crippen molar-refractivity contribution in [3.63, 3.8) is 0 Å². The molecule has 0 bridgehead atoms. The lowest BCUT2D eigenvalue weighted by Gasteiger charge is -2.27. The number of aromatic nitrogens is 2. The highest BCUT2D eigenvalue weighted by Crippen LogP contribution is 2.33. The summed E-state index contributed by atoms with van der Waals surface area (Å²) in [7, 11) is 0. The first kappa shape index (κ1) is 13.3. The lowest BCUT2D eigenvalue weighted by molar-refractivity contribution is 0.112. The second-order valence-electron chi connectivity index (χ2n) is 5.49. The Morgan fingerprint density at radius 3 is 2.39 bits per heavy atom. The Kier molecular flexibility index (Phi) is 4.20. The Labute approximate surface area is 110 Å². The van der Waals surface area contributed by atoms with Gasteiger partial charge in [0, 0.05) is 5.69 Å². The van der Waals surface area contributed by atoms with Gasteiger partial charge in [-0.15, -0.1) is 0 Å². The monoisotopic (exact) mass is 248 g/mol. The third-order valence-electron chi connectivity index (χ3n) is 4.25. The molecule has 0 radical (unpaired) electrons. The normalized spacial score (nSPS) is 24.2. The van der Waals surface area contributed by atoms with Gasteiger partial charge >= 0.3 is 0 Å². The highest BCUT2D eigenvalue weighted by Gasteiger charge is 2.24. The highest BCUT2D eigenvalue weighted by atomic mass is 16.1. The Hall–Kier alpha value is -1.12. The van der Waals surface area contributed by atoms with Crippen LogP contribution in [-0.2, 0) is 12.8 Å². The molecular formula is C15H24N2O. The van der Waals surface area contributed by atoms with Crippen molar-refractivity contribution in [1.29, 1.82) is 0 Å². The average molecular weight is 248 g/mol. The van der Waals surface area contributed by atoms with E-state index in [4.69, 9.17) is 5.10 Å². The van der Waals surface area contributed by atoms with Crippen LogP contribution >= 0.6 is 0 Å². The van der Waals surface area contributed by atoms with E-state index in [2.05, 4.69) is 25.5 Å². The minimum atomic E-state index is 0.509. The maximum absolute atomic E-state index is 11.3. The van der Waals surface area contributed by atoms with Crippen LogP contribution < -0.4 is 0 Å². The maximum atomic E-state index is 11.3. The fourth-order valence-corrected chi connectivity index (χ4v) is 3.07. The summed E-state index contributed by atoms with van der Waals surface area (Å²) in [5.41, 5.74) is 2.96. The SMILES string of the molecule is CCc1nn(C2CCC(C)CC2)c(CC)c1C=O. The van der Waals surface area contributed by atoms with Gasteiger partial charge in [0.1, 0.15) is 0 Å². The molecule has 0 N–H and O–H groups in total. The molecule has 1 saturated carbocycles. The third kappa shape index (κ3) is 2.36.